The number of carbonyl (C=O) groups excluding carboxylic acids is 1. The first-order chi connectivity index (χ1) is 11.0. The van der Waals surface area contributed by atoms with Gasteiger partial charge in [-0.15, -0.1) is 0 Å². The highest BCUT2D eigenvalue weighted by Crippen LogP contribution is 2.19. The second-order valence-corrected chi connectivity index (χ2v) is 5.62. The summed E-state index contributed by atoms with van der Waals surface area (Å²) in [5, 5.41) is 11.9. The van der Waals surface area contributed by atoms with E-state index in [2.05, 4.69) is 5.32 Å². The molecule has 0 aliphatic carbocycles. The fraction of sp³-hybridized carbons (Fsp3) is 0.263. The van der Waals surface area contributed by atoms with Crippen molar-refractivity contribution in [2.75, 3.05) is 0 Å². The van der Waals surface area contributed by atoms with E-state index >= 15 is 0 Å². The minimum atomic E-state index is -1.01. The first kappa shape index (κ1) is 16.7. The third-order valence-corrected chi connectivity index (χ3v) is 4.02. The molecule has 0 saturated carbocycles. The zero-order valence-electron chi connectivity index (χ0n) is 13.3. The van der Waals surface area contributed by atoms with Crippen LogP contribution in [0.5, 0.6) is 0 Å². The minimum Gasteiger partial charge on any atom is -0.480 e. The number of hydrogen-bond donors (Lipinski definition) is 2. The Kier molecular flexibility index (Phi) is 5.52. The van der Waals surface area contributed by atoms with Crippen molar-refractivity contribution in [2.45, 2.75) is 26.3 Å². The SMILES string of the molecule is CC[C@H](C)[C@H](NC(=O)c1ccc(-c2ccccc2)cc1)C(=O)O. The van der Waals surface area contributed by atoms with E-state index in [9.17, 15) is 14.7 Å². The molecule has 0 fully saturated rings. The fourth-order valence-corrected chi connectivity index (χ4v) is 2.35. The van der Waals surface area contributed by atoms with Crippen LogP contribution in [0.1, 0.15) is 30.6 Å². The first-order valence-corrected chi connectivity index (χ1v) is 7.72. The van der Waals surface area contributed by atoms with Gasteiger partial charge in [-0.05, 0) is 29.2 Å². The van der Waals surface area contributed by atoms with E-state index in [4.69, 9.17) is 0 Å². The summed E-state index contributed by atoms with van der Waals surface area (Å²) in [6, 6.07) is 16.1. The lowest BCUT2D eigenvalue weighted by atomic mass is 9.98. The zero-order chi connectivity index (χ0) is 16.8. The summed E-state index contributed by atoms with van der Waals surface area (Å²) in [6.45, 7) is 3.72. The molecule has 0 spiro atoms. The number of benzene rings is 2. The van der Waals surface area contributed by atoms with E-state index in [1.165, 1.54) is 0 Å². The summed E-state index contributed by atoms with van der Waals surface area (Å²) >= 11 is 0. The van der Waals surface area contributed by atoms with Gasteiger partial charge in [-0.2, -0.15) is 0 Å². The number of aliphatic carboxylic acids is 1. The van der Waals surface area contributed by atoms with Gasteiger partial charge in [0.15, 0.2) is 0 Å². The second-order valence-electron chi connectivity index (χ2n) is 5.62. The van der Waals surface area contributed by atoms with Crippen LogP contribution < -0.4 is 5.32 Å². The molecule has 0 radical (unpaired) electrons. The molecule has 2 N–H and O–H groups in total. The highest BCUT2D eigenvalue weighted by Gasteiger charge is 2.25. The number of carboxylic acid groups (broad SMARTS) is 1. The lowest BCUT2D eigenvalue weighted by Crippen LogP contribution is -2.45. The number of carbonyl (C=O) groups is 2. The van der Waals surface area contributed by atoms with Crippen LogP contribution in [0.4, 0.5) is 0 Å². The van der Waals surface area contributed by atoms with Crippen LogP contribution in [0, 0.1) is 5.92 Å². The molecule has 120 valence electrons. The maximum absolute atomic E-state index is 12.3. The minimum absolute atomic E-state index is 0.125. The summed E-state index contributed by atoms with van der Waals surface area (Å²) in [4.78, 5) is 23.5. The quantitative estimate of drug-likeness (QED) is 0.857. The third-order valence-electron chi connectivity index (χ3n) is 4.02. The van der Waals surface area contributed by atoms with Crippen LogP contribution in [0.3, 0.4) is 0 Å². The van der Waals surface area contributed by atoms with Crippen LogP contribution in [-0.4, -0.2) is 23.0 Å². The van der Waals surface area contributed by atoms with Crippen molar-refractivity contribution >= 4 is 11.9 Å². The predicted octanol–water partition coefficient (Wildman–Crippen LogP) is 3.58. The van der Waals surface area contributed by atoms with Crippen molar-refractivity contribution in [3.8, 4) is 11.1 Å². The van der Waals surface area contributed by atoms with Gasteiger partial charge in [0, 0.05) is 5.56 Å². The maximum atomic E-state index is 12.3. The Morgan fingerprint density at radius 2 is 1.57 bits per heavy atom. The molecule has 4 heteroatoms. The van der Waals surface area contributed by atoms with Crippen LogP contribution in [0.25, 0.3) is 11.1 Å². The molecule has 0 unspecified atom stereocenters. The summed E-state index contributed by atoms with van der Waals surface area (Å²) in [5.41, 5.74) is 2.54. The Labute approximate surface area is 136 Å². The van der Waals surface area contributed by atoms with Crippen molar-refractivity contribution in [2.24, 2.45) is 5.92 Å². The standard InChI is InChI=1S/C19H21NO3/c1-3-13(2)17(19(22)23)20-18(21)16-11-9-15(10-12-16)14-7-5-4-6-8-14/h4-13,17H,3H2,1-2H3,(H,20,21)(H,22,23)/t13-,17-/m0/s1. The lowest BCUT2D eigenvalue weighted by molar-refractivity contribution is -0.140. The van der Waals surface area contributed by atoms with Crippen molar-refractivity contribution < 1.29 is 14.7 Å². The topological polar surface area (TPSA) is 66.4 Å². The number of hydrogen-bond acceptors (Lipinski definition) is 2. The fourth-order valence-electron chi connectivity index (χ4n) is 2.35. The molecule has 0 saturated heterocycles. The van der Waals surface area contributed by atoms with Crippen molar-refractivity contribution in [1.82, 2.24) is 5.32 Å². The highest BCUT2D eigenvalue weighted by atomic mass is 16.4. The average Bonchev–Trinajstić information content (AvgIpc) is 2.59. The lowest BCUT2D eigenvalue weighted by Gasteiger charge is -2.20. The largest absolute Gasteiger partial charge is 0.480 e. The van der Waals surface area contributed by atoms with Gasteiger partial charge in [0.25, 0.3) is 5.91 Å². The molecular formula is C19H21NO3. The molecule has 0 bridgehead atoms. The van der Waals surface area contributed by atoms with E-state index in [0.29, 0.717) is 12.0 Å². The predicted molar refractivity (Wildman–Crippen MR) is 90.2 cm³/mol. The molecule has 0 heterocycles. The molecule has 4 nitrogen and oxygen atoms in total. The number of amides is 1. The summed E-state index contributed by atoms with van der Waals surface area (Å²) in [7, 11) is 0. The van der Waals surface area contributed by atoms with Gasteiger partial charge in [-0.3, -0.25) is 4.79 Å². The van der Waals surface area contributed by atoms with Crippen LogP contribution in [-0.2, 0) is 4.79 Å². The molecule has 2 aromatic rings. The number of rotatable bonds is 6. The summed E-state index contributed by atoms with van der Waals surface area (Å²) in [6.07, 6.45) is 0.685. The van der Waals surface area contributed by atoms with E-state index in [1.54, 1.807) is 12.1 Å². The summed E-state index contributed by atoms with van der Waals surface area (Å²) < 4.78 is 0. The van der Waals surface area contributed by atoms with Gasteiger partial charge in [0.1, 0.15) is 6.04 Å². The van der Waals surface area contributed by atoms with E-state index in [0.717, 1.165) is 11.1 Å². The number of nitrogens with one attached hydrogen (secondary N) is 1. The molecule has 0 aromatic heterocycles. The normalized spacial score (nSPS) is 13.1. The molecule has 23 heavy (non-hydrogen) atoms. The van der Waals surface area contributed by atoms with Crippen molar-refractivity contribution in [3.05, 3.63) is 60.2 Å². The molecule has 2 atom stereocenters. The Bertz CT molecular complexity index is 665. The monoisotopic (exact) mass is 311 g/mol. The Hall–Kier alpha value is -2.62. The van der Waals surface area contributed by atoms with Crippen LogP contribution in [0.15, 0.2) is 54.6 Å². The van der Waals surface area contributed by atoms with Crippen molar-refractivity contribution in [3.63, 3.8) is 0 Å². The number of carboxylic acids is 1. The van der Waals surface area contributed by atoms with Gasteiger partial charge in [-0.1, -0.05) is 62.7 Å². The molecule has 1 amide bonds. The van der Waals surface area contributed by atoms with Gasteiger partial charge < -0.3 is 10.4 Å². The van der Waals surface area contributed by atoms with Crippen LogP contribution in [0.2, 0.25) is 0 Å². The molecule has 0 aliphatic heterocycles. The third kappa shape index (κ3) is 4.19. The van der Waals surface area contributed by atoms with Crippen LogP contribution >= 0.6 is 0 Å². The molecule has 0 aliphatic rings. The summed E-state index contributed by atoms with van der Waals surface area (Å²) in [5.74, 6) is -1.49. The zero-order valence-corrected chi connectivity index (χ0v) is 13.3. The van der Waals surface area contributed by atoms with Crippen molar-refractivity contribution in [1.29, 1.82) is 0 Å². The average molecular weight is 311 g/mol. The highest BCUT2D eigenvalue weighted by molar-refractivity contribution is 5.97. The van der Waals surface area contributed by atoms with Gasteiger partial charge in [-0.25, -0.2) is 4.79 Å². The van der Waals surface area contributed by atoms with Gasteiger partial charge in [0.05, 0.1) is 0 Å². The second kappa shape index (κ2) is 7.58. The molecule has 2 aromatic carbocycles. The van der Waals surface area contributed by atoms with Gasteiger partial charge >= 0.3 is 5.97 Å². The smallest absolute Gasteiger partial charge is 0.326 e. The van der Waals surface area contributed by atoms with E-state index in [-0.39, 0.29) is 11.8 Å². The van der Waals surface area contributed by atoms with E-state index in [1.807, 2.05) is 56.3 Å². The Morgan fingerprint density at radius 3 is 2.09 bits per heavy atom. The first-order valence-electron chi connectivity index (χ1n) is 7.72. The Balaban J connectivity index is 2.12. The van der Waals surface area contributed by atoms with Gasteiger partial charge in [0.2, 0.25) is 0 Å². The molecule has 2 rings (SSSR count). The molecular weight excluding hydrogens is 290 g/mol. The van der Waals surface area contributed by atoms with E-state index < -0.39 is 12.0 Å². The maximum Gasteiger partial charge on any atom is 0.326 e. The Morgan fingerprint density at radius 1 is 1.00 bits per heavy atom.